The van der Waals surface area contributed by atoms with Crippen LogP contribution in [0.2, 0.25) is 0 Å². The Labute approximate surface area is 137 Å². The van der Waals surface area contributed by atoms with Gasteiger partial charge in [0.05, 0.1) is 6.04 Å². The zero-order chi connectivity index (χ0) is 16.7. The first-order valence-corrected chi connectivity index (χ1v) is 7.67. The molecule has 122 valence electrons. The van der Waals surface area contributed by atoms with E-state index in [0.29, 0.717) is 6.54 Å². The van der Waals surface area contributed by atoms with Crippen molar-refractivity contribution >= 4 is 11.8 Å². The molecule has 2 N–H and O–H groups in total. The summed E-state index contributed by atoms with van der Waals surface area (Å²) in [5, 5.41) is 5.89. The van der Waals surface area contributed by atoms with Crippen LogP contribution < -0.4 is 15.5 Å². The van der Waals surface area contributed by atoms with Gasteiger partial charge in [0.2, 0.25) is 0 Å². The van der Waals surface area contributed by atoms with Gasteiger partial charge in [0, 0.05) is 44.8 Å². The molecule has 0 bridgehead atoms. The van der Waals surface area contributed by atoms with E-state index in [1.807, 2.05) is 50.2 Å². The molecule has 6 nitrogen and oxygen atoms in total. The summed E-state index contributed by atoms with van der Waals surface area (Å²) in [5.74, 6) is 0.856. The Bertz CT molecular complexity index is 630. The molecule has 0 saturated heterocycles. The van der Waals surface area contributed by atoms with E-state index in [-0.39, 0.29) is 12.1 Å². The molecule has 0 aromatic carbocycles. The van der Waals surface area contributed by atoms with Crippen molar-refractivity contribution in [3.05, 3.63) is 54.0 Å². The van der Waals surface area contributed by atoms with E-state index >= 15 is 0 Å². The van der Waals surface area contributed by atoms with Crippen molar-refractivity contribution in [2.75, 3.05) is 19.0 Å². The molecular formula is C17H23N5O. The summed E-state index contributed by atoms with van der Waals surface area (Å²) < 4.78 is 0. The van der Waals surface area contributed by atoms with Crippen molar-refractivity contribution < 1.29 is 4.79 Å². The Morgan fingerprint density at radius 2 is 1.96 bits per heavy atom. The summed E-state index contributed by atoms with van der Waals surface area (Å²) in [6, 6.07) is 7.44. The van der Waals surface area contributed by atoms with E-state index in [2.05, 4.69) is 20.6 Å². The van der Waals surface area contributed by atoms with Gasteiger partial charge in [-0.25, -0.2) is 9.78 Å². The summed E-state index contributed by atoms with van der Waals surface area (Å²) in [6.07, 6.45) is 6.02. The van der Waals surface area contributed by atoms with Crippen molar-refractivity contribution in [2.45, 2.75) is 25.9 Å². The fourth-order valence-electron chi connectivity index (χ4n) is 2.37. The van der Waals surface area contributed by atoms with Gasteiger partial charge in [-0.2, -0.15) is 0 Å². The molecule has 2 amide bonds. The number of urea groups is 1. The highest BCUT2D eigenvalue weighted by Gasteiger charge is 2.13. The molecule has 0 fully saturated rings. The average Bonchev–Trinajstić information content (AvgIpc) is 2.58. The summed E-state index contributed by atoms with van der Waals surface area (Å²) in [5.41, 5.74) is 2.03. The van der Waals surface area contributed by atoms with Crippen molar-refractivity contribution in [1.82, 2.24) is 20.6 Å². The van der Waals surface area contributed by atoms with E-state index in [1.54, 1.807) is 18.6 Å². The number of aromatic nitrogens is 2. The summed E-state index contributed by atoms with van der Waals surface area (Å²) in [7, 11) is 3.87. The predicted molar refractivity (Wildman–Crippen MR) is 91.2 cm³/mol. The Hall–Kier alpha value is -2.63. The lowest BCUT2D eigenvalue weighted by Gasteiger charge is -2.19. The van der Waals surface area contributed by atoms with Gasteiger partial charge in [0.25, 0.3) is 0 Å². The normalized spacial score (nSPS) is 11.6. The summed E-state index contributed by atoms with van der Waals surface area (Å²) >= 11 is 0. The highest BCUT2D eigenvalue weighted by Crippen LogP contribution is 2.16. The number of anilines is 1. The fraction of sp³-hybridized carbons (Fsp3) is 0.353. The second kappa shape index (κ2) is 8.12. The number of nitrogens with one attached hydrogen (secondary N) is 2. The molecule has 0 saturated carbocycles. The van der Waals surface area contributed by atoms with E-state index in [4.69, 9.17) is 0 Å². The molecule has 2 heterocycles. The molecule has 0 aliphatic heterocycles. The second-order valence-electron chi connectivity index (χ2n) is 5.45. The topological polar surface area (TPSA) is 70.2 Å². The number of carbonyl (C=O) groups excluding carboxylic acids is 1. The number of pyridine rings is 2. The largest absolute Gasteiger partial charge is 0.362 e. The molecular weight excluding hydrogens is 290 g/mol. The van der Waals surface area contributed by atoms with Crippen LogP contribution in [0.1, 0.15) is 30.5 Å². The van der Waals surface area contributed by atoms with Crippen LogP contribution in [0.4, 0.5) is 10.6 Å². The van der Waals surface area contributed by atoms with Crippen LogP contribution in [0, 0.1) is 0 Å². The first-order chi connectivity index (χ1) is 11.1. The van der Waals surface area contributed by atoms with Crippen LogP contribution >= 0.6 is 0 Å². The third kappa shape index (κ3) is 4.67. The lowest BCUT2D eigenvalue weighted by Crippen LogP contribution is -2.37. The van der Waals surface area contributed by atoms with Crippen LogP contribution in [0.15, 0.2) is 42.9 Å². The Kier molecular flexibility index (Phi) is 5.91. The Balaban J connectivity index is 1.95. The van der Waals surface area contributed by atoms with Crippen LogP contribution in [0.25, 0.3) is 0 Å². The molecule has 0 radical (unpaired) electrons. The van der Waals surface area contributed by atoms with Crippen LogP contribution in [-0.4, -0.2) is 30.1 Å². The standard InChI is InChI=1S/C17H23N5O/c1-4-15(13-7-10-18-11-8-13)21-17(23)20-12-14-6-5-9-19-16(14)22(2)3/h5-11,15H,4,12H2,1-3H3,(H2,20,21,23)/t15-/m1/s1. The number of hydrogen-bond acceptors (Lipinski definition) is 4. The monoisotopic (exact) mass is 313 g/mol. The molecule has 6 heteroatoms. The third-order valence-corrected chi connectivity index (χ3v) is 3.55. The van der Waals surface area contributed by atoms with Crippen molar-refractivity contribution in [3.63, 3.8) is 0 Å². The fourth-order valence-corrected chi connectivity index (χ4v) is 2.37. The zero-order valence-corrected chi connectivity index (χ0v) is 13.8. The maximum absolute atomic E-state index is 12.2. The highest BCUT2D eigenvalue weighted by molar-refractivity contribution is 5.74. The van der Waals surface area contributed by atoms with E-state index in [1.165, 1.54) is 0 Å². The summed E-state index contributed by atoms with van der Waals surface area (Å²) in [4.78, 5) is 22.4. The molecule has 0 unspecified atom stereocenters. The number of amides is 2. The molecule has 2 aromatic rings. The molecule has 0 spiro atoms. The average molecular weight is 313 g/mol. The van der Waals surface area contributed by atoms with Gasteiger partial charge >= 0.3 is 6.03 Å². The lowest BCUT2D eigenvalue weighted by atomic mass is 10.1. The van der Waals surface area contributed by atoms with E-state index < -0.39 is 0 Å². The molecule has 1 atom stereocenters. The van der Waals surface area contributed by atoms with Gasteiger partial charge in [-0.3, -0.25) is 4.98 Å². The molecule has 2 rings (SSSR count). The van der Waals surface area contributed by atoms with E-state index in [9.17, 15) is 4.79 Å². The minimum atomic E-state index is -0.192. The lowest BCUT2D eigenvalue weighted by molar-refractivity contribution is 0.236. The predicted octanol–water partition coefficient (Wildman–Crippen LogP) is 2.49. The zero-order valence-electron chi connectivity index (χ0n) is 13.8. The molecule has 23 heavy (non-hydrogen) atoms. The third-order valence-electron chi connectivity index (χ3n) is 3.55. The Morgan fingerprint density at radius 1 is 1.22 bits per heavy atom. The van der Waals surface area contributed by atoms with Gasteiger partial charge in [0.1, 0.15) is 5.82 Å². The molecule has 2 aromatic heterocycles. The van der Waals surface area contributed by atoms with Gasteiger partial charge in [-0.1, -0.05) is 13.0 Å². The van der Waals surface area contributed by atoms with Crippen molar-refractivity contribution in [2.24, 2.45) is 0 Å². The SMILES string of the molecule is CC[C@@H](NC(=O)NCc1cccnc1N(C)C)c1ccncc1. The van der Waals surface area contributed by atoms with Crippen LogP contribution in [0.3, 0.4) is 0 Å². The number of carbonyl (C=O) groups is 1. The smallest absolute Gasteiger partial charge is 0.315 e. The highest BCUT2D eigenvalue weighted by atomic mass is 16.2. The maximum Gasteiger partial charge on any atom is 0.315 e. The second-order valence-corrected chi connectivity index (χ2v) is 5.45. The quantitative estimate of drug-likeness (QED) is 0.859. The first kappa shape index (κ1) is 16.7. The molecule has 0 aliphatic rings. The molecule has 0 aliphatic carbocycles. The minimum Gasteiger partial charge on any atom is -0.362 e. The van der Waals surface area contributed by atoms with Gasteiger partial charge < -0.3 is 15.5 Å². The van der Waals surface area contributed by atoms with Gasteiger partial charge in [-0.15, -0.1) is 0 Å². The van der Waals surface area contributed by atoms with Gasteiger partial charge in [0.15, 0.2) is 0 Å². The maximum atomic E-state index is 12.2. The van der Waals surface area contributed by atoms with Crippen LogP contribution in [0.5, 0.6) is 0 Å². The van der Waals surface area contributed by atoms with Crippen LogP contribution in [-0.2, 0) is 6.54 Å². The van der Waals surface area contributed by atoms with Crippen molar-refractivity contribution in [1.29, 1.82) is 0 Å². The van der Waals surface area contributed by atoms with E-state index in [0.717, 1.165) is 23.4 Å². The first-order valence-electron chi connectivity index (χ1n) is 7.67. The number of hydrogen-bond donors (Lipinski definition) is 2. The summed E-state index contributed by atoms with van der Waals surface area (Å²) in [6.45, 7) is 2.47. The van der Waals surface area contributed by atoms with Gasteiger partial charge in [-0.05, 0) is 30.2 Å². The number of nitrogens with zero attached hydrogens (tertiary/aromatic N) is 3. The Morgan fingerprint density at radius 3 is 2.61 bits per heavy atom. The van der Waals surface area contributed by atoms with Crippen molar-refractivity contribution in [3.8, 4) is 0 Å². The minimum absolute atomic E-state index is 0.0276. The number of rotatable bonds is 6.